The van der Waals surface area contributed by atoms with Crippen LogP contribution < -0.4 is 4.72 Å². The largest absolute Gasteiger partial charge is 0.213 e. The van der Waals surface area contributed by atoms with Gasteiger partial charge in [-0.1, -0.05) is 48.5 Å². The van der Waals surface area contributed by atoms with Crippen LogP contribution in [0.3, 0.4) is 0 Å². The second kappa shape index (κ2) is 7.63. The molecule has 0 bridgehead atoms. The monoisotopic (exact) mass is 261 g/mol. The highest BCUT2D eigenvalue weighted by Gasteiger charge is 1.99. The van der Waals surface area contributed by atoms with Crippen molar-refractivity contribution in [1.29, 1.82) is 0 Å². The van der Waals surface area contributed by atoms with Crippen molar-refractivity contribution in [1.82, 2.24) is 4.72 Å². The summed E-state index contributed by atoms with van der Waals surface area (Å²) < 4.78 is 23.8. The van der Waals surface area contributed by atoms with Crippen LogP contribution in [0.5, 0.6) is 0 Å². The molecule has 0 spiro atoms. The third-order valence-electron chi connectivity index (χ3n) is 1.92. The maximum atomic E-state index is 10.7. The number of hydrogen-bond donors (Lipinski definition) is 1. The van der Waals surface area contributed by atoms with E-state index in [1.807, 2.05) is 42.5 Å². The fourth-order valence-corrected chi connectivity index (χ4v) is 1.53. The van der Waals surface area contributed by atoms with E-state index in [1.165, 1.54) is 0 Å². The fraction of sp³-hybridized carbons (Fsp3) is 0.143. The van der Waals surface area contributed by atoms with E-state index in [-0.39, 0.29) is 0 Å². The fourth-order valence-electron chi connectivity index (χ4n) is 1.10. The van der Waals surface area contributed by atoms with E-state index in [2.05, 4.69) is 16.9 Å². The molecule has 4 heteroatoms. The standard InChI is InChI=1S/C8H10NO2S.C6H5/c1-12(10,11)9-7-8-5-3-2-4-6-8;1-2-4-6-5-3-1/h2-3,5-6,9H,7H2,1H3;1-5H. The Morgan fingerprint density at radius 2 is 1.72 bits per heavy atom. The molecule has 0 aromatic heterocycles. The van der Waals surface area contributed by atoms with Gasteiger partial charge in [0, 0.05) is 6.54 Å². The molecular weight excluding hydrogens is 246 g/mol. The first-order chi connectivity index (χ1) is 8.58. The van der Waals surface area contributed by atoms with Gasteiger partial charge in [-0.15, -0.1) is 0 Å². The molecule has 0 saturated carbocycles. The number of sulfonamides is 1. The molecule has 94 valence electrons. The van der Waals surface area contributed by atoms with E-state index in [0.29, 0.717) is 6.54 Å². The Morgan fingerprint density at radius 1 is 1.06 bits per heavy atom. The van der Waals surface area contributed by atoms with Gasteiger partial charge >= 0.3 is 0 Å². The molecule has 2 aromatic rings. The predicted molar refractivity (Wildman–Crippen MR) is 72.2 cm³/mol. The molecule has 2 rings (SSSR count). The maximum absolute atomic E-state index is 10.7. The maximum Gasteiger partial charge on any atom is 0.209 e. The molecule has 0 fully saturated rings. The van der Waals surface area contributed by atoms with E-state index in [4.69, 9.17) is 0 Å². The van der Waals surface area contributed by atoms with Crippen molar-refractivity contribution in [3.05, 3.63) is 72.3 Å². The average Bonchev–Trinajstić information content (AvgIpc) is 2.40. The quantitative estimate of drug-likeness (QED) is 0.919. The topological polar surface area (TPSA) is 46.2 Å². The van der Waals surface area contributed by atoms with Crippen molar-refractivity contribution >= 4 is 10.0 Å². The summed E-state index contributed by atoms with van der Waals surface area (Å²) in [6.45, 7) is 0.330. The Labute approximate surface area is 109 Å². The van der Waals surface area contributed by atoms with Crippen LogP contribution in [-0.2, 0) is 16.6 Å². The van der Waals surface area contributed by atoms with Gasteiger partial charge in [0.25, 0.3) is 0 Å². The molecule has 2 aromatic carbocycles. The minimum Gasteiger partial charge on any atom is -0.213 e. The van der Waals surface area contributed by atoms with E-state index >= 15 is 0 Å². The molecule has 0 aliphatic rings. The zero-order valence-electron chi connectivity index (χ0n) is 10.1. The third kappa shape index (κ3) is 7.60. The van der Waals surface area contributed by atoms with Crippen LogP contribution in [0.2, 0.25) is 0 Å². The van der Waals surface area contributed by atoms with Gasteiger partial charge in [-0.25, -0.2) is 13.1 Å². The zero-order chi connectivity index (χ0) is 13.3. The number of rotatable bonds is 3. The molecule has 0 aliphatic heterocycles. The van der Waals surface area contributed by atoms with E-state index in [1.54, 1.807) is 12.1 Å². The van der Waals surface area contributed by atoms with Crippen LogP contribution in [0, 0.1) is 12.1 Å². The summed E-state index contributed by atoms with van der Waals surface area (Å²) in [4.78, 5) is 0. The van der Waals surface area contributed by atoms with Crippen LogP contribution in [0.25, 0.3) is 0 Å². The van der Waals surface area contributed by atoms with Crippen LogP contribution in [0.15, 0.2) is 54.6 Å². The minimum absolute atomic E-state index is 0.330. The lowest BCUT2D eigenvalue weighted by Crippen LogP contribution is -2.21. The van der Waals surface area contributed by atoms with Gasteiger partial charge in [0.1, 0.15) is 0 Å². The Kier molecular flexibility index (Phi) is 6.11. The van der Waals surface area contributed by atoms with Gasteiger partial charge in [-0.2, -0.15) is 0 Å². The molecule has 18 heavy (non-hydrogen) atoms. The summed E-state index contributed by atoms with van der Waals surface area (Å²) in [5.41, 5.74) is 0.905. The Morgan fingerprint density at radius 3 is 2.11 bits per heavy atom. The molecular formula is C14H15NO2S. The van der Waals surface area contributed by atoms with Crippen molar-refractivity contribution < 1.29 is 8.42 Å². The predicted octanol–water partition coefficient (Wildman–Crippen LogP) is 2.02. The van der Waals surface area contributed by atoms with Crippen LogP contribution in [0.4, 0.5) is 0 Å². The first kappa shape index (κ1) is 14.4. The van der Waals surface area contributed by atoms with Crippen molar-refractivity contribution in [3.8, 4) is 0 Å². The van der Waals surface area contributed by atoms with Crippen molar-refractivity contribution in [2.45, 2.75) is 6.54 Å². The molecule has 0 atom stereocenters. The lowest BCUT2D eigenvalue weighted by molar-refractivity contribution is 0.587. The summed E-state index contributed by atoms with van der Waals surface area (Å²) in [6, 6.07) is 22.5. The number of benzene rings is 2. The molecule has 0 aliphatic carbocycles. The Bertz CT molecular complexity index is 498. The van der Waals surface area contributed by atoms with Gasteiger partial charge in [-0.3, -0.25) is 0 Å². The lowest BCUT2D eigenvalue weighted by Gasteiger charge is -2.00. The normalized spacial score (nSPS) is 10.3. The molecule has 1 N–H and O–H groups in total. The Balaban J connectivity index is 0.000000225. The van der Waals surface area contributed by atoms with Crippen LogP contribution in [0.1, 0.15) is 5.56 Å². The van der Waals surface area contributed by atoms with Gasteiger partial charge in [-0.05, 0) is 23.8 Å². The van der Waals surface area contributed by atoms with Crippen LogP contribution >= 0.6 is 0 Å². The van der Waals surface area contributed by atoms with E-state index in [0.717, 1.165) is 11.8 Å². The van der Waals surface area contributed by atoms with Gasteiger partial charge in [0.05, 0.1) is 6.26 Å². The number of nitrogens with one attached hydrogen (secondary N) is 1. The lowest BCUT2D eigenvalue weighted by atomic mass is 10.2. The van der Waals surface area contributed by atoms with Crippen molar-refractivity contribution in [2.75, 3.05) is 6.26 Å². The van der Waals surface area contributed by atoms with Gasteiger partial charge < -0.3 is 0 Å². The third-order valence-corrected chi connectivity index (χ3v) is 2.59. The first-order valence-corrected chi connectivity index (χ1v) is 7.28. The molecule has 2 radical (unpaired) electrons. The smallest absolute Gasteiger partial charge is 0.209 e. The molecule has 0 amide bonds. The zero-order valence-corrected chi connectivity index (χ0v) is 10.9. The first-order valence-electron chi connectivity index (χ1n) is 5.38. The van der Waals surface area contributed by atoms with E-state index in [9.17, 15) is 8.42 Å². The summed E-state index contributed by atoms with van der Waals surface area (Å²) in [6.07, 6.45) is 1.14. The Hall–Kier alpha value is -1.65. The van der Waals surface area contributed by atoms with Crippen LogP contribution in [-0.4, -0.2) is 14.7 Å². The summed E-state index contributed by atoms with van der Waals surface area (Å²) in [7, 11) is -3.09. The van der Waals surface area contributed by atoms with Gasteiger partial charge in [0.2, 0.25) is 10.0 Å². The molecule has 3 nitrogen and oxygen atoms in total. The highest BCUT2D eigenvalue weighted by Crippen LogP contribution is 1.96. The van der Waals surface area contributed by atoms with Crippen molar-refractivity contribution in [2.24, 2.45) is 0 Å². The molecule has 0 saturated heterocycles. The second-order valence-corrected chi connectivity index (χ2v) is 5.42. The summed E-state index contributed by atoms with van der Waals surface area (Å²) in [5.74, 6) is 0. The molecule has 0 heterocycles. The second-order valence-electron chi connectivity index (χ2n) is 3.58. The summed E-state index contributed by atoms with van der Waals surface area (Å²) >= 11 is 0. The average molecular weight is 261 g/mol. The number of hydrogen-bond acceptors (Lipinski definition) is 2. The molecule has 0 unspecified atom stereocenters. The van der Waals surface area contributed by atoms with E-state index < -0.39 is 10.0 Å². The SMILES string of the molecule is CS(=O)(=O)NCc1c[c]ccc1.[c]1ccccc1. The highest BCUT2D eigenvalue weighted by atomic mass is 32.2. The highest BCUT2D eigenvalue weighted by molar-refractivity contribution is 7.88. The summed E-state index contributed by atoms with van der Waals surface area (Å²) in [5, 5.41) is 0. The van der Waals surface area contributed by atoms with Gasteiger partial charge in [0.15, 0.2) is 0 Å². The van der Waals surface area contributed by atoms with Crippen molar-refractivity contribution in [3.63, 3.8) is 0 Å². The minimum atomic E-state index is -3.09.